The fourth-order valence-corrected chi connectivity index (χ4v) is 3.60. The first-order valence-corrected chi connectivity index (χ1v) is 9.11. The molecule has 1 aromatic carbocycles. The normalized spacial score (nSPS) is 24.2. The monoisotopic (exact) mass is 360 g/mol. The van der Waals surface area contributed by atoms with Gasteiger partial charge >= 0.3 is 12.1 Å². The lowest BCUT2D eigenvalue weighted by Crippen LogP contribution is -2.26. The van der Waals surface area contributed by atoms with Crippen molar-refractivity contribution in [2.24, 2.45) is 17.3 Å². The van der Waals surface area contributed by atoms with Gasteiger partial charge in [-0.2, -0.15) is 0 Å². The van der Waals surface area contributed by atoms with Crippen molar-refractivity contribution in [1.29, 1.82) is 0 Å². The molecule has 6 heteroatoms. The van der Waals surface area contributed by atoms with Gasteiger partial charge < -0.3 is 14.8 Å². The van der Waals surface area contributed by atoms with E-state index in [0.29, 0.717) is 19.7 Å². The second-order valence-electron chi connectivity index (χ2n) is 8.64. The Morgan fingerprint density at radius 3 is 2.73 bits per heavy atom. The van der Waals surface area contributed by atoms with E-state index in [4.69, 9.17) is 9.47 Å². The van der Waals surface area contributed by atoms with Gasteiger partial charge in [0.1, 0.15) is 12.2 Å². The second kappa shape index (κ2) is 6.49. The van der Waals surface area contributed by atoms with Crippen molar-refractivity contribution >= 4 is 23.4 Å². The van der Waals surface area contributed by atoms with E-state index < -0.39 is 5.60 Å². The molecule has 1 heterocycles. The van der Waals surface area contributed by atoms with Gasteiger partial charge in [-0.25, -0.2) is 4.79 Å². The maximum Gasteiger partial charge on any atom is 0.414 e. The van der Waals surface area contributed by atoms with E-state index >= 15 is 0 Å². The number of rotatable bonds is 5. The first-order chi connectivity index (χ1) is 12.1. The second-order valence-corrected chi connectivity index (χ2v) is 8.64. The molecule has 1 N–H and O–H groups in total. The molecular weight excluding hydrogens is 332 g/mol. The van der Waals surface area contributed by atoms with Crippen LogP contribution in [0.15, 0.2) is 24.3 Å². The highest BCUT2D eigenvalue weighted by molar-refractivity contribution is 5.90. The van der Waals surface area contributed by atoms with Gasteiger partial charge in [0.25, 0.3) is 0 Å². The van der Waals surface area contributed by atoms with Crippen molar-refractivity contribution in [3.63, 3.8) is 0 Å². The predicted molar refractivity (Wildman–Crippen MR) is 100 cm³/mol. The Morgan fingerprint density at radius 1 is 1.38 bits per heavy atom. The Bertz CT molecular complexity index is 708. The van der Waals surface area contributed by atoms with Crippen LogP contribution in [-0.4, -0.2) is 37.4 Å². The average Bonchev–Trinajstić information content (AvgIpc) is 2.85. The number of ether oxygens (including phenoxy) is 2. The third-order valence-corrected chi connectivity index (χ3v) is 5.16. The number of nitrogens with one attached hydrogen (secondary N) is 1. The molecule has 1 saturated carbocycles. The number of hydrogen-bond acceptors (Lipinski definition) is 5. The molecule has 2 fully saturated rings. The summed E-state index contributed by atoms with van der Waals surface area (Å²) in [5.41, 5.74) is 1.20. The van der Waals surface area contributed by atoms with Crippen LogP contribution in [0.2, 0.25) is 0 Å². The van der Waals surface area contributed by atoms with Crippen LogP contribution in [0.3, 0.4) is 0 Å². The largest absolute Gasteiger partial charge is 0.460 e. The molecule has 0 bridgehead atoms. The standard InChI is InChI=1S/C20H28N2O4/c1-19(2,3)26-17(23)16-15(20(16,4)5)12-21-13-7-6-8-14(11-13)22-9-10-25-18(22)24/h6-8,11,15-16,21H,9-10,12H2,1-5H3/t15-,16-/m0/s1. The van der Waals surface area contributed by atoms with Gasteiger partial charge in [0.05, 0.1) is 12.5 Å². The Labute approximate surface area is 154 Å². The molecule has 142 valence electrons. The molecule has 1 aliphatic carbocycles. The summed E-state index contributed by atoms with van der Waals surface area (Å²) in [4.78, 5) is 25.7. The quantitative estimate of drug-likeness (QED) is 0.812. The van der Waals surface area contributed by atoms with Crippen LogP contribution < -0.4 is 10.2 Å². The topological polar surface area (TPSA) is 67.9 Å². The SMILES string of the molecule is CC(C)(C)OC(=O)[C@@H]1[C@H](CNc2cccc(N3CCOC3=O)c2)C1(C)C. The highest BCUT2D eigenvalue weighted by Gasteiger charge is 2.62. The highest BCUT2D eigenvalue weighted by atomic mass is 16.6. The number of nitrogens with zero attached hydrogens (tertiary/aromatic N) is 1. The Hall–Kier alpha value is -2.24. The summed E-state index contributed by atoms with van der Waals surface area (Å²) >= 11 is 0. The molecule has 2 atom stereocenters. The molecule has 0 spiro atoms. The number of benzene rings is 1. The lowest BCUT2D eigenvalue weighted by Gasteiger charge is -2.20. The fourth-order valence-electron chi connectivity index (χ4n) is 3.60. The molecule has 1 aliphatic heterocycles. The molecule has 1 aromatic rings. The van der Waals surface area contributed by atoms with E-state index in [9.17, 15) is 9.59 Å². The summed E-state index contributed by atoms with van der Waals surface area (Å²) < 4.78 is 10.5. The van der Waals surface area contributed by atoms with Crippen LogP contribution in [0.4, 0.5) is 16.2 Å². The van der Waals surface area contributed by atoms with E-state index in [1.165, 1.54) is 0 Å². The molecule has 26 heavy (non-hydrogen) atoms. The molecule has 3 rings (SSSR count). The van der Waals surface area contributed by atoms with E-state index in [-0.39, 0.29) is 29.3 Å². The fraction of sp³-hybridized carbons (Fsp3) is 0.600. The van der Waals surface area contributed by atoms with Crippen LogP contribution in [0, 0.1) is 17.3 Å². The first kappa shape index (κ1) is 18.5. The Balaban J connectivity index is 1.61. The smallest absolute Gasteiger partial charge is 0.414 e. The van der Waals surface area contributed by atoms with Gasteiger partial charge in [0, 0.05) is 17.9 Å². The van der Waals surface area contributed by atoms with Gasteiger partial charge in [-0.15, -0.1) is 0 Å². The third kappa shape index (κ3) is 3.79. The van der Waals surface area contributed by atoms with E-state index in [1.54, 1.807) is 4.90 Å². The molecule has 1 saturated heterocycles. The van der Waals surface area contributed by atoms with Crippen LogP contribution >= 0.6 is 0 Å². The number of carbonyl (C=O) groups excluding carboxylic acids is 2. The zero-order chi connectivity index (χ0) is 19.1. The zero-order valence-corrected chi connectivity index (χ0v) is 16.2. The van der Waals surface area contributed by atoms with Crippen molar-refractivity contribution in [3.8, 4) is 0 Å². The van der Waals surface area contributed by atoms with Gasteiger partial charge in [-0.05, 0) is 50.3 Å². The maximum absolute atomic E-state index is 12.4. The zero-order valence-electron chi connectivity index (χ0n) is 16.2. The maximum atomic E-state index is 12.4. The minimum absolute atomic E-state index is 0.0777. The van der Waals surface area contributed by atoms with Crippen molar-refractivity contribution < 1.29 is 19.1 Å². The molecule has 0 unspecified atom stereocenters. The minimum atomic E-state index is -0.466. The lowest BCUT2D eigenvalue weighted by atomic mass is 10.1. The molecule has 0 aromatic heterocycles. The van der Waals surface area contributed by atoms with Crippen LogP contribution in [-0.2, 0) is 14.3 Å². The summed E-state index contributed by atoms with van der Waals surface area (Å²) in [5.74, 6) is 0.00610. The molecular formula is C20H28N2O4. The number of amides is 1. The molecule has 0 radical (unpaired) electrons. The van der Waals surface area contributed by atoms with Gasteiger partial charge in [-0.1, -0.05) is 19.9 Å². The number of carbonyl (C=O) groups is 2. The van der Waals surface area contributed by atoms with Crippen molar-refractivity contribution in [1.82, 2.24) is 0 Å². The summed E-state index contributed by atoms with van der Waals surface area (Å²) in [6.45, 7) is 11.6. The van der Waals surface area contributed by atoms with Crippen LogP contribution in [0.25, 0.3) is 0 Å². The minimum Gasteiger partial charge on any atom is -0.460 e. The number of hydrogen-bond donors (Lipinski definition) is 1. The van der Waals surface area contributed by atoms with E-state index in [2.05, 4.69) is 19.2 Å². The molecule has 2 aliphatic rings. The third-order valence-electron chi connectivity index (χ3n) is 5.16. The number of cyclic esters (lactones) is 1. The Kier molecular flexibility index (Phi) is 4.63. The summed E-state index contributed by atoms with van der Waals surface area (Å²) in [6.07, 6.45) is -0.310. The van der Waals surface area contributed by atoms with Crippen molar-refractivity contribution in [2.75, 3.05) is 29.9 Å². The first-order valence-electron chi connectivity index (χ1n) is 9.11. The highest BCUT2D eigenvalue weighted by Crippen LogP contribution is 2.58. The van der Waals surface area contributed by atoms with Crippen LogP contribution in [0.5, 0.6) is 0 Å². The van der Waals surface area contributed by atoms with Gasteiger partial charge in [0.2, 0.25) is 0 Å². The van der Waals surface area contributed by atoms with Gasteiger partial charge in [-0.3, -0.25) is 9.69 Å². The summed E-state index contributed by atoms with van der Waals surface area (Å²) in [6, 6.07) is 7.70. The molecule has 6 nitrogen and oxygen atoms in total. The lowest BCUT2D eigenvalue weighted by molar-refractivity contribution is -0.157. The van der Waals surface area contributed by atoms with Crippen molar-refractivity contribution in [3.05, 3.63) is 24.3 Å². The Morgan fingerprint density at radius 2 is 2.12 bits per heavy atom. The van der Waals surface area contributed by atoms with E-state index in [0.717, 1.165) is 11.4 Å². The van der Waals surface area contributed by atoms with Crippen LogP contribution in [0.1, 0.15) is 34.6 Å². The number of anilines is 2. The average molecular weight is 360 g/mol. The van der Waals surface area contributed by atoms with Crippen molar-refractivity contribution in [2.45, 2.75) is 40.2 Å². The van der Waals surface area contributed by atoms with Gasteiger partial charge in [0.15, 0.2) is 0 Å². The van der Waals surface area contributed by atoms with E-state index in [1.807, 2.05) is 45.0 Å². The summed E-state index contributed by atoms with van der Waals surface area (Å²) in [5, 5.41) is 3.40. The number of esters is 1. The summed E-state index contributed by atoms with van der Waals surface area (Å²) in [7, 11) is 0. The molecule has 1 amide bonds. The predicted octanol–water partition coefficient (Wildman–Crippen LogP) is 3.67.